The normalized spacial score (nSPS) is 21.1. The standard InChI is InChI=1S/C39H59N5O6/c1-27-23-44(28(2)26-45)39(48)32-22-31(41-37(46)15-6-5-7-16-38(47)42-34-14-9-8-13-33(34)40)19-20-35(32)50-29(3)12-10-11-21-49-36(27)25-43(4)24-30-17-18-30/h8-9,13-14,19-20,22,27-30,36,45H,5-7,10-12,15-18,21,23-26,40H2,1-4H3,(H,41,46)(H,42,47)/t27-,28+,29-,36+/m0/s1. The van der Waals surface area contributed by atoms with Crippen LogP contribution < -0.4 is 21.1 Å². The fraction of sp³-hybridized carbons (Fsp3) is 0.615. The molecule has 1 fully saturated rings. The first-order chi connectivity index (χ1) is 24.0. The minimum atomic E-state index is -0.432. The molecule has 3 amide bonds. The topological polar surface area (TPSA) is 146 Å². The molecular weight excluding hydrogens is 634 g/mol. The molecule has 1 heterocycles. The number of anilines is 3. The average Bonchev–Trinajstić information content (AvgIpc) is 3.90. The Hall–Kier alpha value is -3.67. The lowest BCUT2D eigenvalue weighted by Crippen LogP contribution is -2.47. The molecule has 0 saturated heterocycles. The van der Waals surface area contributed by atoms with Gasteiger partial charge < -0.3 is 40.7 Å². The van der Waals surface area contributed by atoms with Gasteiger partial charge in [-0.15, -0.1) is 0 Å². The molecule has 2 aliphatic rings. The maximum absolute atomic E-state index is 14.3. The zero-order valence-corrected chi connectivity index (χ0v) is 30.5. The van der Waals surface area contributed by atoms with Crippen molar-refractivity contribution in [2.24, 2.45) is 11.8 Å². The highest BCUT2D eigenvalue weighted by molar-refractivity contribution is 6.00. The molecule has 1 saturated carbocycles. The summed E-state index contributed by atoms with van der Waals surface area (Å²) >= 11 is 0. The first-order valence-electron chi connectivity index (χ1n) is 18.5. The molecule has 0 unspecified atom stereocenters. The SMILES string of the molecule is C[C@H](CO)N1C[C@H](C)[C@@H](CN(C)CC2CC2)OCCCC[C@H](C)Oc2ccc(NC(=O)CCCCCC(=O)Nc3ccccc3N)cc2C1=O. The second kappa shape index (κ2) is 19.7. The summed E-state index contributed by atoms with van der Waals surface area (Å²) in [6, 6.07) is 11.9. The Balaban J connectivity index is 1.40. The van der Waals surface area contributed by atoms with Crippen molar-refractivity contribution in [2.45, 2.75) is 103 Å². The van der Waals surface area contributed by atoms with Crippen LogP contribution in [0.3, 0.4) is 0 Å². The van der Waals surface area contributed by atoms with Gasteiger partial charge in [-0.05, 0) is 102 Å². The molecule has 11 nitrogen and oxygen atoms in total. The van der Waals surface area contributed by atoms with Gasteiger partial charge in [0.15, 0.2) is 0 Å². The van der Waals surface area contributed by atoms with Gasteiger partial charge in [0.2, 0.25) is 11.8 Å². The molecule has 1 aliphatic carbocycles. The van der Waals surface area contributed by atoms with Gasteiger partial charge in [0, 0.05) is 50.7 Å². The van der Waals surface area contributed by atoms with Gasteiger partial charge in [-0.25, -0.2) is 0 Å². The lowest BCUT2D eigenvalue weighted by molar-refractivity contribution is -0.116. The number of rotatable bonds is 14. The molecular formula is C39H59N5O6. The van der Waals surface area contributed by atoms with Crippen LogP contribution in [0.5, 0.6) is 5.75 Å². The number of benzene rings is 2. The van der Waals surface area contributed by atoms with E-state index in [1.165, 1.54) is 12.8 Å². The van der Waals surface area contributed by atoms with Crippen LogP contribution >= 0.6 is 0 Å². The number of ether oxygens (including phenoxy) is 2. The average molecular weight is 694 g/mol. The predicted octanol–water partition coefficient (Wildman–Crippen LogP) is 5.93. The number of para-hydroxylation sites is 2. The summed E-state index contributed by atoms with van der Waals surface area (Å²) in [6.45, 7) is 8.69. The van der Waals surface area contributed by atoms with E-state index in [-0.39, 0.29) is 48.9 Å². The Morgan fingerprint density at radius 3 is 2.42 bits per heavy atom. The minimum absolute atomic E-state index is 0.0197. The number of carbonyl (C=O) groups is 3. The Labute approximate surface area is 298 Å². The number of fused-ring (bicyclic) bond motifs is 1. The third-order valence-electron chi connectivity index (χ3n) is 9.64. The van der Waals surface area contributed by atoms with Gasteiger partial charge >= 0.3 is 0 Å². The van der Waals surface area contributed by atoms with E-state index in [9.17, 15) is 19.5 Å². The highest BCUT2D eigenvalue weighted by Gasteiger charge is 2.31. The van der Waals surface area contributed by atoms with Gasteiger partial charge in [0.1, 0.15) is 5.75 Å². The van der Waals surface area contributed by atoms with Crippen LogP contribution in [0, 0.1) is 11.8 Å². The number of hydrogen-bond acceptors (Lipinski definition) is 8. The van der Waals surface area contributed by atoms with E-state index in [0.29, 0.717) is 67.2 Å². The maximum Gasteiger partial charge on any atom is 0.258 e. The number of nitrogens with one attached hydrogen (secondary N) is 2. The Morgan fingerprint density at radius 2 is 1.72 bits per heavy atom. The lowest BCUT2D eigenvalue weighted by Gasteiger charge is -2.36. The quantitative estimate of drug-likeness (QED) is 0.141. The smallest absolute Gasteiger partial charge is 0.258 e. The van der Waals surface area contributed by atoms with Crippen molar-refractivity contribution in [2.75, 3.05) is 56.3 Å². The molecule has 5 N–H and O–H groups in total. The zero-order chi connectivity index (χ0) is 36.0. The molecule has 0 aromatic heterocycles. The fourth-order valence-corrected chi connectivity index (χ4v) is 6.38. The number of nitrogen functional groups attached to an aromatic ring is 1. The zero-order valence-electron chi connectivity index (χ0n) is 30.5. The maximum atomic E-state index is 14.3. The second-order valence-corrected chi connectivity index (χ2v) is 14.4. The highest BCUT2D eigenvalue weighted by Crippen LogP contribution is 2.31. The summed E-state index contributed by atoms with van der Waals surface area (Å²) in [6.07, 6.45) is 7.68. The van der Waals surface area contributed by atoms with E-state index in [4.69, 9.17) is 15.2 Å². The first kappa shape index (κ1) is 39.1. The fourth-order valence-electron chi connectivity index (χ4n) is 6.38. The Kier molecular flexibility index (Phi) is 15.4. The van der Waals surface area contributed by atoms with Crippen LogP contribution in [-0.2, 0) is 14.3 Å². The lowest BCUT2D eigenvalue weighted by atomic mass is 10.0. The second-order valence-electron chi connectivity index (χ2n) is 14.4. The third-order valence-corrected chi connectivity index (χ3v) is 9.64. The van der Waals surface area contributed by atoms with Crippen molar-refractivity contribution < 1.29 is 29.0 Å². The molecule has 0 radical (unpaired) electrons. The summed E-state index contributed by atoms with van der Waals surface area (Å²) < 4.78 is 12.8. The van der Waals surface area contributed by atoms with E-state index in [1.807, 2.05) is 26.0 Å². The molecule has 50 heavy (non-hydrogen) atoms. The Bertz CT molecular complexity index is 1400. The third kappa shape index (κ3) is 12.6. The summed E-state index contributed by atoms with van der Waals surface area (Å²) in [4.78, 5) is 43.7. The molecule has 4 rings (SSSR count). The van der Waals surface area contributed by atoms with Crippen LogP contribution in [-0.4, -0.2) is 90.8 Å². The van der Waals surface area contributed by atoms with Crippen molar-refractivity contribution in [3.63, 3.8) is 0 Å². The van der Waals surface area contributed by atoms with Crippen molar-refractivity contribution in [3.05, 3.63) is 48.0 Å². The number of aliphatic hydroxyl groups excluding tert-OH is 1. The van der Waals surface area contributed by atoms with Crippen LogP contribution in [0.2, 0.25) is 0 Å². The van der Waals surface area contributed by atoms with Gasteiger partial charge in [-0.1, -0.05) is 25.5 Å². The van der Waals surface area contributed by atoms with E-state index >= 15 is 0 Å². The molecule has 2 aromatic rings. The number of hydrogen-bond donors (Lipinski definition) is 4. The van der Waals surface area contributed by atoms with Gasteiger partial charge in [-0.3, -0.25) is 14.4 Å². The number of nitrogens with two attached hydrogens (primary N) is 1. The molecule has 2 aromatic carbocycles. The monoisotopic (exact) mass is 693 g/mol. The largest absolute Gasteiger partial charge is 0.490 e. The summed E-state index contributed by atoms with van der Waals surface area (Å²) in [7, 11) is 2.15. The number of carbonyl (C=O) groups excluding carboxylic acids is 3. The van der Waals surface area contributed by atoms with Crippen LogP contribution in [0.4, 0.5) is 17.1 Å². The van der Waals surface area contributed by atoms with Gasteiger partial charge in [0.25, 0.3) is 5.91 Å². The number of nitrogens with zero attached hydrogens (tertiary/aromatic N) is 2. The van der Waals surface area contributed by atoms with E-state index in [1.54, 1.807) is 35.2 Å². The molecule has 1 aliphatic heterocycles. The summed E-state index contributed by atoms with van der Waals surface area (Å²) in [5.41, 5.74) is 7.89. The minimum Gasteiger partial charge on any atom is -0.490 e. The van der Waals surface area contributed by atoms with Crippen molar-refractivity contribution in [1.82, 2.24) is 9.80 Å². The van der Waals surface area contributed by atoms with Crippen LogP contribution in [0.1, 0.15) is 95.3 Å². The predicted molar refractivity (Wildman–Crippen MR) is 198 cm³/mol. The molecule has 4 atom stereocenters. The van der Waals surface area contributed by atoms with Crippen LogP contribution in [0.25, 0.3) is 0 Å². The number of likely N-dealkylation sites (N-methyl/N-ethyl adjacent to an activating group) is 1. The molecule has 11 heteroatoms. The van der Waals surface area contributed by atoms with Gasteiger partial charge in [-0.2, -0.15) is 0 Å². The first-order valence-corrected chi connectivity index (χ1v) is 18.5. The van der Waals surface area contributed by atoms with Gasteiger partial charge in [0.05, 0.1) is 41.8 Å². The van der Waals surface area contributed by atoms with E-state index < -0.39 is 6.04 Å². The van der Waals surface area contributed by atoms with Crippen molar-refractivity contribution >= 4 is 34.8 Å². The number of unbranched alkanes of at least 4 members (excludes halogenated alkanes) is 2. The van der Waals surface area contributed by atoms with Crippen molar-refractivity contribution in [3.8, 4) is 5.75 Å². The molecule has 276 valence electrons. The molecule has 0 spiro atoms. The van der Waals surface area contributed by atoms with Crippen molar-refractivity contribution in [1.29, 1.82) is 0 Å². The Morgan fingerprint density at radius 1 is 1.00 bits per heavy atom. The highest BCUT2D eigenvalue weighted by atomic mass is 16.5. The summed E-state index contributed by atoms with van der Waals surface area (Å²) in [5, 5.41) is 16.0. The van der Waals surface area contributed by atoms with E-state index in [2.05, 4.69) is 29.5 Å². The molecule has 0 bridgehead atoms. The summed E-state index contributed by atoms with van der Waals surface area (Å²) in [5.74, 6) is 0.724. The van der Waals surface area contributed by atoms with Crippen LogP contribution in [0.15, 0.2) is 42.5 Å². The number of aliphatic hydroxyl groups is 1. The number of amides is 3. The van der Waals surface area contributed by atoms with E-state index in [0.717, 1.165) is 38.3 Å².